The van der Waals surface area contributed by atoms with E-state index in [1.165, 1.54) is 33.0 Å². The molecule has 3 heteroatoms. The molecule has 3 nitrogen and oxygen atoms in total. The monoisotopic (exact) mass is 717 g/mol. The molecule has 0 amide bonds. The van der Waals surface area contributed by atoms with Crippen molar-refractivity contribution in [2.75, 3.05) is 4.90 Å². The molecule has 264 valence electrons. The molecule has 0 unspecified atom stereocenters. The van der Waals surface area contributed by atoms with Gasteiger partial charge in [-0.1, -0.05) is 141 Å². The fraction of sp³-hybridized carbons (Fsp3) is 0.0566. The van der Waals surface area contributed by atoms with Gasteiger partial charge in [0.2, 0.25) is 0 Å². The first kappa shape index (κ1) is 31.3. The maximum atomic E-state index is 6.88. The second kappa shape index (κ2) is 11.5. The molecule has 0 radical (unpaired) electrons. The van der Waals surface area contributed by atoms with Crippen molar-refractivity contribution in [3.63, 3.8) is 0 Å². The average molecular weight is 718 g/mol. The number of hydrogen-bond acceptors (Lipinski definition) is 3. The smallest absolute Gasteiger partial charge is 0.143 e. The molecule has 2 aromatic heterocycles. The number of nitrogens with zero attached hydrogens (tertiary/aromatic N) is 1. The van der Waals surface area contributed by atoms with Crippen molar-refractivity contribution in [1.82, 2.24) is 0 Å². The normalized spacial score (nSPS) is 13.3. The number of fused-ring (bicyclic) bond motifs is 12. The number of para-hydroxylation sites is 2. The summed E-state index contributed by atoms with van der Waals surface area (Å²) in [4.78, 5) is 2.45. The highest BCUT2D eigenvalue weighted by atomic mass is 16.3. The Morgan fingerprint density at radius 1 is 0.375 bits per heavy atom. The molecule has 56 heavy (non-hydrogen) atoms. The predicted octanol–water partition coefficient (Wildman–Crippen LogP) is 15.2. The van der Waals surface area contributed by atoms with E-state index >= 15 is 0 Å². The molecule has 11 aromatic rings. The Morgan fingerprint density at radius 2 is 1.02 bits per heavy atom. The van der Waals surface area contributed by atoms with E-state index < -0.39 is 0 Å². The van der Waals surface area contributed by atoms with Crippen molar-refractivity contribution in [2.45, 2.75) is 19.3 Å². The van der Waals surface area contributed by atoms with Crippen molar-refractivity contribution < 1.29 is 8.83 Å². The van der Waals surface area contributed by atoms with E-state index in [2.05, 4.69) is 189 Å². The fourth-order valence-electron chi connectivity index (χ4n) is 9.47. The Balaban J connectivity index is 1.20. The molecular formula is C53H35NO2. The van der Waals surface area contributed by atoms with Crippen LogP contribution in [0, 0.1) is 0 Å². The molecule has 12 rings (SSSR count). The Morgan fingerprint density at radius 3 is 1.93 bits per heavy atom. The largest absolute Gasteiger partial charge is 0.455 e. The van der Waals surface area contributed by atoms with Gasteiger partial charge in [0.25, 0.3) is 0 Å². The highest BCUT2D eigenvalue weighted by Crippen LogP contribution is 2.53. The highest BCUT2D eigenvalue weighted by Gasteiger charge is 2.36. The van der Waals surface area contributed by atoms with Crippen LogP contribution >= 0.6 is 0 Å². The lowest BCUT2D eigenvalue weighted by atomic mass is 9.82. The molecule has 0 saturated carbocycles. The highest BCUT2D eigenvalue weighted by molar-refractivity contribution is 6.18. The van der Waals surface area contributed by atoms with Gasteiger partial charge in [-0.2, -0.15) is 0 Å². The summed E-state index contributed by atoms with van der Waals surface area (Å²) in [7, 11) is 0. The Labute approximate surface area is 323 Å². The second-order valence-electron chi connectivity index (χ2n) is 15.7. The summed E-state index contributed by atoms with van der Waals surface area (Å²) < 4.78 is 13.6. The third-order valence-electron chi connectivity index (χ3n) is 12.2. The van der Waals surface area contributed by atoms with Gasteiger partial charge in [0, 0.05) is 54.8 Å². The Hall–Kier alpha value is -7.10. The van der Waals surface area contributed by atoms with Crippen LogP contribution in [0.2, 0.25) is 0 Å². The van der Waals surface area contributed by atoms with Gasteiger partial charge < -0.3 is 13.7 Å². The first-order chi connectivity index (χ1) is 27.5. The molecular weight excluding hydrogens is 683 g/mol. The number of hydrogen-bond donors (Lipinski definition) is 0. The van der Waals surface area contributed by atoms with Crippen LogP contribution in [0.25, 0.3) is 87.7 Å². The fourth-order valence-corrected chi connectivity index (χ4v) is 9.47. The standard InChI is InChI=1S/C53H35NO2/c1-53(2)46-20-9-7-16-38(46)39-27-25-36(29-47(39)53)54(35-24-22-32-12-3-4-14-34(32)28-35)48-30-45-43-26-23-33-13-5-6-15-37(33)51(43)56-50(45)31-44(48)42-19-11-18-41-40-17-8-10-21-49(40)55-52(41)42/h3-31H,1-2H3. The van der Waals surface area contributed by atoms with Gasteiger partial charge in [-0.3, -0.25) is 0 Å². The minimum absolute atomic E-state index is 0.161. The van der Waals surface area contributed by atoms with Crippen LogP contribution in [0.3, 0.4) is 0 Å². The topological polar surface area (TPSA) is 29.5 Å². The zero-order chi connectivity index (χ0) is 37.1. The number of anilines is 3. The summed E-state index contributed by atoms with van der Waals surface area (Å²) >= 11 is 0. The average Bonchev–Trinajstić information content (AvgIpc) is 3.88. The Bertz CT molecular complexity index is 3420. The number of rotatable bonds is 4. The minimum atomic E-state index is -0.161. The summed E-state index contributed by atoms with van der Waals surface area (Å²) in [5.41, 5.74) is 13.9. The molecule has 0 N–H and O–H groups in total. The van der Waals surface area contributed by atoms with Gasteiger partial charge >= 0.3 is 0 Å². The molecule has 0 spiro atoms. The molecule has 0 saturated heterocycles. The number of furan rings is 2. The molecule has 1 aliphatic carbocycles. The third kappa shape index (κ3) is 4.40. The lowest BCUT2D eigenvalue weighted by Gasteiger charge is -2.30. The summed E-state index contributed by atoms with van der Waals surface area (Å²) in [5.74, 6) is 0. The summed E-state index contributed by atoms with van der Waals surface area (Å²) in [6.07, 6.45) is 0. The van der Waals surface area contributed by atoms with E-state index in [-0.39, 0.29) is 5.41 Å². The van der Waals surface area contributed by atoms with E-state index in [1.54, 1.807) is 0 Å². The lowest BCUT2D eigenvalue weighted by molar-refractivity contribution is 0.660. The molecule has 0 aliphatic heterocycles. The quantitative estimate of drug-likeness (QED) is 0.182. The van der Waals surface area contributed by atoms with Gasteiger partial charge in [0.1, 0.15) is 22.3 Å². The van der Waals surface area contributed by atoms with Crippen LogP contribution in [0.5, 0.6) is 0 Å². The van der Waals surface area contributed by atoms with E-state index in [1.807, 2.05) is 6.07 Å². The predicted molar refractivity (Wildman–Crippen MR) is 234 cm³/mol. The van der Waals surface area contributed by atoms with Crippen molar-refractivity contribution in [3.05, 3.63) is 187 Å². The maximum absolute atomic E-state index is 6.88. The van der Waals surface area contributed by atoms with E-state index in [9.17, 15) is 0 Å². The van der Waals surface area contributed by atoms with E-state index in [4.69, 9.17) is 8.83 Å². The maximum Gasteiger partial charge on any atom is 0.143 e. The first-order valence-electron chi connectivity index (χ1n) is 19.3. The van der Waals surface area contributed by atoms with Gasteiger partial charge in [-0.05, 0) is 86.9 Å². The van der Waals surface area contributed by atoms with Gasteiger partial charge in [-0.25, -0.2) is 0 Å². The SMILES string of the molecule is CC1(C)c2ccccc2-c2ccc(N(c3ccc4ccccc4c3)c3cc4c(cc3-c3cccc5c3oc3ccccc35)oc3c5ccccc5ccc43)cc21. The molecule has 0 bridgehead atoms. The first-order valence-corrected chi connectivity index (χ1v) is 19.3. The zero-order valence-electron chi connectivity index (χ0n) is 31.0. The van der Waals surface area contributed by atoms with E-state index in [0.717, 1.165) is 82.8 Å². The van der Waals surface area contributed by atoms with Crippen LogP contribution in [-0.2, 0) is 5.41 Å². The Kier molecular flexibility index (Phi) is 6.40. The van der Waals surface area contributed by atoms with Crippen molar-refractivity contribution >= 4 is 82.5 Å². The van der Waals surface area contributed by atoms with Crippen molar-refractivity contribution in [3.8, 4) is 22.3 Å². The molecule has 2 heterocycles. The molecule has 0 atom stereocenters. The second-order valence-corrected chi connectivity index (χ2v) is 15.7. The molecule has 1 aliphatic rings. The van der Waals surface area contributed by atoms with E-state index in [0.29, 0.717) is 0 Å². The summed E-state index contributed by atoms with van der Waals surface area (Å²) in [5, 5.41) is 9.02. The van der Waals surface area contributed by atoms with Gasteiger partial charge in [0.15, 0.2) is 0 Å². The molecule has 9 aromatic carbocycles. The van der Waals surface area contributed by atoms with Crippen LogP contribution in [0.1, 0.15) is 25.0 Å². The molecule has 0 fully saturated rings. The van der Waals surface area contributed by atoms with Crippen LogP contribution in [0.15, 0.2) is 185 Å². The third-order valence-corrected chi connectivity index (χ3v) is 12.2. The summed E-state index contributed by atoms with van der Waals surface area (Å²) in [6.45, 7) is 4.70. The van der Waals surface area contributed by atoms with Gasteiger partial charge in [0.05, 0.1) is 5.69 Å². The summed E-state index contributed by atoms with van der Waals surface area (Å²) in [6, 6.07) is 63.6. The number of benzene rings is 9. The zero-order valence-corrected chi connectivity index (χ0v) is 31.0. The van der Waals surface area contributed by atoms with Crippen LogP contribution in [0.4, 0.5) is 17.1 Å². The van der Waals surface area contributed by atoms with Gasteiger partial charge in [-0.15, -0.1) is 0 Å². The van der Waals surface area contributed by atoms with Crippen molar-refractivity contribution in [1.29, 1.82) is 0 Å². The minimum Gasteiger partial charge on any atom is -0.455 e. The van der Waals surface area contributed by atoms with Crippen LogP contribution < -0.4 is 4.90 Å². The van der Waals surface area contributed by atoms with Crippen LogP contribution in [-0.4, -0.2) is 0 Å². The van der Waals surface area contributed by atoms with Crippen molar-refractivity contribution in [2.24, 2.45) is 0 Å². The lowest BCUT2D eigenvalue weighted by Crippen LogP contribution is -2.17.